The number of nitrogens with zero attached hydrogens (tertiary/aromatic N) is 1. The number of rotatable bonds is 1. The van der Waals surface area contributed by atoms with Crippen molar-refractivity contribution in [2.75, 3.05) is 12.4 Å². The van der Waals surface area contributed by atoms with Crippen molar-refractivity contribution >= 4 is 26.7 Å². The van der Waals surface area contributed by atoms with Crippen LogP contribution in [0.2, 0.25) is 0 Å². The summed E-state index contributed by atoms with van der Waals surface area (Å²) in [6.07, 6.45) is -4.31. The average Bonchev–Trinajstić information content (AvgIpc) is 2.57. The van der Waals surface area contributed by atoms with Crippen molar-refractivity contribution in [2.24, 2.45) is 0 Å². The molecule has 80 valence electrons. The van der Waals surface area contributed by atoms with E-state index in [1.165, 1.54) is 17.4 Å². The SMILES string of the molecule is CNc1nc2cc(C(F)(F)F)ccc2s1. The molecule has 6 heteroatoms. The predicted octanol–water partition coefficient (Wildman–Crippen LogP) is 3.36. The Morgan fingerprint density at radius 3 is 2.67 bits per heavy atom. The highest BCUT2D eigenvalue weighted by Gasteiger charge is 2.30. The van der Waals surface area contributed by atoms with Gasteiger partial charge in [0.1, 0.15) is 0 Å². The van der Waals surface area contributed by atoms with E-state index in [-0.39, 0.29) is 0 Å². The van der Waals surface area contributed by atoms with E-state index in [1.54, 1.807) is 7.05 Å². The highest BCUT2D eigenvalue weighted by molar-refractivity contribution is 7.22. The second kappa shape index (κ2) is 3.37. The van der Waals surface area contributed by atoms with E-state index in [9.17, 15) is 13.2 Å². The molecule has 1 aromatic carbocycles. The van der Waals surface area contributed by atoms with E-state index < -0.39 is 11.7 Å². The number of hydrogen-bond acceptors (Lipinski definition) is 3. The van der Waals surface area contributed by atoms with Crippen LogP contribution in [0.1, 0.15) is 5.56 Å². The number of fused-ring (bicyclic) bond motifs is 1. The van der Waals surface area contributed by atoms with E-state index in [0.717, 1.165) is 16.8 Å². The third-order valence-electron chi connectivity index (χ3n) is 1.93. The van der Waals surface area contributed by atoms with Crippen LogP contribution in [0.15, 0.2) is 18.2 Å². The van der Waals surface area contributed by atoms with Crippen molar-refractivity contribution in [1.82, 2.24) is 4.98 Å². The lowest BCUT2D eigenvalue weighted by molar-refractivity contribution is -0.137. The van der Waals surface area contributed by atoms with Crippen LogP contribution in [0, 0.1) is 0 Å². The molecule has 15 heavy (non-hydrogen) atoms. The van der Waals surface area contributed by atoms with E-state index in [0.29, 0.717) is 10.6 Å². The standard InChI is InChI=1S/C9H7F3N2S/c1-13-8-14-6-4-5(9(10,11)12)2-3-7(6)15-8/h2-4H,1H3,(H,13,14). The summed E-state index contributed by atoms with van der Waals surface area (Å²) in [4.78, 5) is 4.01. The zero-order valence-electron chi connectivity index (χ0n) is 7.72. The molecule has 0 aliphatic rings. The van der Waals surface area contributed by atoms with Gasteiger partial charge in [0.15, 0.2) is 5.13 Å². The molecule has 2 nitrogen and oxygen atoms in total. The van der Waals surface area contributed by atoms with Gasteiger partial charge in [-0.25, -0.2) is 4.98 Å². The highest BCUT2D eigenvalue weighted by atomic mass is 32.1. The molecule has 0 aliphatic heterocycles. The van der Waals surface area contributed by atoms with E-state index in [2.05, 4.69) is 10.3 Å². The summed E-state index contributed by atoms with van der Waals surface area (Å²) in [6.45, 7) is 0. The summed E-state index contributed by atoms with van der Waals surface area (Å²) < 4.78 is 37.8. The first-order valence-corrected chi connectivity index (χ1v) is 4.98. The molecular weight excluding hydrogens is 225 g/mol. The predicted molar refractivity (Wildman–Crippen MR) is 54.2 cm³/mol. The van der Waals surface area contributed by atoms with Crippen LogP contribution in [0.4, 0.5) is 18.3 Å². The Balaban J connectivity index is 2.55. The number of nitrogens with one attached hydrogen (secondary N) is 1. The molecule has 0 fully saturated rings. The second-order valence-corrected chi connectivity index (χ2v) is 3.98. The minimum atomic E-state index is -4.31. The number of hydrogen-bond donors (Lipinski definition) is 1. The highest BCUT2D eigenvalue weighted by Crippen LogP contribution is 2.33. The molecule has 0 saturated carbocycles. The first kappa shape index (κ1) is 10.2. The van der Waals surface area contributed by atoms with Crippen LogP contribution in [-0.4, -0.2) is 12.0 Å². The van der Waals surface area contributed by atoms with Gasteiger partial charge in [-0.15, -0.1) is 0 Å². The maximum atomic E-state index is 12.4. The largest absolute Gasteiger partial charge is 0.416 e. The van der Waals surface area contributed by atoms with Crippen LogP contribution >= 0.6 is 11.3 Å². The third-order valence-corrected chi connectivity index (χ3v) is 2.98. The maximum Gasteiger partial charge on any atom is 0.416 e. The Morgan fingerprint density at radius 1 is 1.33 bits per heavy atom. The summed E-state index contributed by atoms with van der Waals surface area (Å²) in [5.74, 6) is 0. The minimum Gasteiger partial charge on any atom is -0.365 e. The van der Waals surface area contributed by atoms with Crippen molar-refractivity contribution in [2.45, 2.75) is 6.18 Å². The molecule has 1 heterocycles. The lowest BCUT2D eigenvalue weighted by Crippen LogP contribution is -2.03. The van der Waals surface area contributed by atoms with Gasteiger partial charge in [-0.05, 0) is 18.2 Å². The number of halogens is 3. The van der Waals surface area contributed by atoms with Gasteiger partial charge >= 0.3 is 6.18 Å². The molecule has 1 N–H and O–H groups in total. The van der Waals surface area contributed by atoms with Crippen LogP contribution < -0.4 is 5.32 Å². The summed E-state index contributed by atoms with van der Waals surface area (Å²) in [5, 5.41) is 3.42. The monoisotopic (exact) mass is 232 g/mol. The van der Waals surface area contributed by atoms with Gasteiger partial charge in [0.2, 0.25) is 0 Å². The van der Waals surface area contributed by atoms with Gasteiger partial charge in [0.05, 0.1) is 15.8 Å². The van der Waals surface area contributed by atoms with Crippen molar-refractivity contribution in [3.63, 3.8) is 0 Å². The molecule has 0 atom stereocenters. The number of aromatic nitrogens is 1. The van der Waals surface area contributed by atoms with Gasteiger partial charge < -0.3 is 5.32 Å². The second-order valence-electron chi connectivity index (χ2n) is 2.95. The zero-order chi connectivity index (χ0) is 11.1. The van der Waals surface area contributed by atoms with Crippen molar-refractivity contribution < 1.29 is 13.2 Å². The average molecular weight is 232 g/mol. The Bertz CT molecular complexity index is 490. The lowest BCUT2D eigenvalue weighted by atomic mass is 10.2. The summed E-state index contributed by atoms with van der Waals surface area (Å²) >= 11 is 1.33. The lowest BCUT2D eigenvalue weighted by Gasteiger charge is -2.04. The normalized spacial score (nSPS) is 12.0. The quantitative estimate of drug-likeness (QED) is 0.815. The van der Waals surface area contributed by atoms with Gasteiger partial charge in [-0.1, -0.05) is 11.3 Å². The van der Waals surface area contributed by atoms with Crippen LogP contribution in [-0.2, 0) is 6.18 Å². The van der Waals surface area contributed by atoms with Crippen LogP contribution in [0.25, 0.3) is 10.2 Å². The molecule has 0 saturated heterocycles. The molecule has 2 rings (SSSR count). The zero-order valence-corrected chi connectivity index (χ0v) is 8.54. The van der Waals surface area contributed by atoms with E-state index in [4.69, 9.17) is 0 Å². The third kappa shape index (κ3) is 1.90. The maximum absolute atomic E-state index is 12.4. The topological polar surface area (TPSA) is 24.9 Å². The first-order chi connectivity index (χ1) is 7.00. The minimum absolute atomic E-state index is 0.374. The Labute approximate surface area is 87.7 Å². The van der Waals surface area contributed by atoms with Crippen molar-refractivity contribution in [3.8, 4) is 0 Å². The fourth-order valence-electron chi connectivity index (χ4n) is 1.21. The fourth-order valence-corrected chi connectivity index (χ4v) is 2.01. The fraction of sp³-hybridized carbons (Fsp3) is 0.222. The van der Waals surface area contributed by atoms with E-state index in [1.807, 2.05) is 0 Å². The summed E-state index contributed by atoms with van der Waals surface area (Å²) in [7, 11) is 1.68. The molecule has 0 bridgehead atoms. The molecule has 0 unspecified atom stereocenters. The van der Waals surface area contributed by atoms with Crippen molar-refractivity contribution in [3.05, 3.63) is 23.8 Å². The van der Waals surface area contributed by atoms with Gasteiger partial charge in [0, 0.05) is 7.05 Å². The molecule has 0 aliphatic carbocycles. The first-order valence-electron chi connectivity index (χ1n) is 4.16. The van der Waals surface area contributed by atoms with Gasteiger partial charge in [-0.3, -0.25) is 0 Å². The van der Waals surface area contributed by atoms with Gasteiger partial charge in [0.25, 0.3) is 0 Å². The summed E-state index contributed by atoms with van der Waals surface area (Å²) in [5.41, 5.74) is -0.290. The molecule has 1 aromatic heterocycles. The summed E-state index contributed by atoms with van der Waals surface area (Å²) in [6, 6.07) is 3.57. The smallest absolute Gasteiger partial charge is 0.365 e. The Kier molecular flexibility index (Phi) is 2.30. The number of benzene rings is 1. The molecule has 0 spiro atoms. The molecule has 0 amide bonds. The number of anilines is 1. The van der Waals surface area contributed by atoms with Gasteiger partial charge in [-0.2, -0.15) is 13.2 Å². The van der Waals surface area contributed by atoms with Crippen LogP contribution in [0.3, 0.4) is 0 Å². The van der Waals surface area contributed by atoms with E-state index >= 15 is 0 Å². The van der Waals surface area contributed by atoms with Crippen molar-refractivity contribution in [1.29, 1.82) is 0 Å². The number of alkyl halides is 3. The molecule has 2 aromatic rings. The van der Waals surface area contributed by atoms with Crippen LogP contribution in [0.5, 0.6) is 0 Å². The Morgan fingerprint density at radius 2 is 2.07 bits per heavy atom. The molecular formula is C9H7F3N2S. The Hall–Kier alpha value is -1.30. The number of thiazole rings is 1. The molecule has 0 radical (unpaired) electrons.